The fourth-order valence-electron chi connectivity index (χ4n) is 2.99. The van der Waals surface area contributed by atoms with Crippen molar-refractivity contribution in [3.8, 4) is 5.75 Å². The Morgan fingerprint density at radius 1 is 1.33 bits per heavy atom. The Morgan fingerprint density at radius 2 is 2.10 bits per heavy atom. The molecule has 4 nitrogen and oxygen atoms in total. The van der Waals surface area contributed by atoms with E-state index < -0.39 is 0 Å². The van der Waals surface area contributed by atoms with Gasteiger partial charge in [-0.2, -0.15) is 0 Å². The van der Waals surface area contributed by atoms with Crippen LogP contribution in [-0.4, -0.2) is 24.4 Å². The average Bonchev–Trinajstić information content (AvgIpc) is 2.50. The van der Waals surface area contributed by atoms with Crippen molar-refractivity contribution in [2.75, 3.05) is 13.2 Å². The van der Waals surface area contributed by atoms with Crippen molar-refractivity contribution in [2.24, 2.45) is 0 Å². The highest BCUT2D eigenvalue weighted by molar-refractivity contribution is 5.67. The van der Waals surface area contributed by atoms with Gasteiger partial charge < -0.3 is 15.2 Å². The van der Waals surface area contributed by atoms with Crippen LogP contribution in [0.4, 0.5) is 4.79 Å². The zero-order valence-corrected chi connectivity index (χ0v) is 12.7. The fraction of sp³-hybridized carbons (Fsp3) is 0.588. The topological polar surface area (TPSA) is 58.6 Å². The van der Waals surface area contributed by atoms with Crippen molar-refractivity contribution in [2.45, 2.75) is 51.4 Å². The summed E-state index contributed by atoms with van der Waals surface area (Å²) in [6.07, 6.45) is 6.51. The lowest BCUT2D eigenvalue weighted by Gasteiger charge is -2.23. The van der Waals surface area contributed by atoms with Crippen LogP contribution in [0, 0.1) is 0 Å². The molecule has 0 unspecified atom stereocenters. The van der Waals surface area contributed by atoms with Crippen LogP contribution in [0.25, 0.3) is 0 Å². The second-order valence-corrected chi connectivity index (χ2v) is 5.63. The van der Waals surface area contributed by atoms with Gasteiger partial charge >= 0.3 is 6.09 Å². The Balaban J connectivity index is 1.93. The van der Waals surface area contributed by atoms with Gasteiger partial charge in [0.2, 0.25) is 0 Å². The summed E-state index contributed by atoms with van der Waals surface area (Å²) in [7, 11) is 0. The molecule has 1 saturated carbocycles. The lowest BCUT2D eigenvalue weighted by molar-refractivity contribution is 0.152. The summed E-state index contributed by atoms with van der Waals surface area (Å²) in [6, 6.07) is 5.80. The van der Waals surface area contributed by atoms with Crippen molar-refractivity contribution in [3.05, 3.63) is 29.3 Å². The van der Waals surface area contributed by atoms with E-state index in [-0.39, 0.29) is 6.09 Å². The van der Waals surface area contributed by atoms with Crippen molar-refractivity contribution < 1.29 is 14.6 Å². The van der Waals surface area contributed by atoms with E-state index >= 15 is 0 Å². The molecule has 1 fully saturated rings. The molecule has 1 aliphatic rings. The molecule has 2 N–H and O–H groups in total. The minimum Gasteiger partial charge on any atom is -0.508 e. The SMILES string of the molecule is CCOC(=O)NCCc1ccc(O)c(C2CCCCC2)c1. The lowest BCUT2D eigenvalue weighted by Crippen LogP contribution is -2.26. The maximum Gasteiger partial charge on any atom is 0.407 e. The van der Waals surface area contributed by atoms with E-state index in [2.05, 4.69) is 11.4 Å². The molecule has 0 radical (unpaired) electrons. The smallest absolute Gasteiger partial charge is 0.407 e. The normalized spacial score (nSPS) is 15.7. The molecular formula is C17H25NO3. The molecule has 0 atom stereocenters. The molecule has 1 aromatic carbocycles. The van der Waals surface area contributed by atoms with Gasteiger partial charge in [-0.1, -0.05) is 31.4 Å². The number of carbonyl (C=O) groups is 1. The van der Waals surface area contributed by atoms with Crippen LogP contribution in [-0.2, 0) is 11.2 Å². The Kier molecular flexibility index (Phi) is 5.90. The standard InChI is InChI=1S/C17H25NO3/c1-2-21-17(20)18-11-10-13-8-9-16(19)15(12-13)14-6-4-3-5-7-14/h8-9,12,14,19H,2-7,10-11H2,1H3,(H,18,20). The molecule has 4 heteroatoms. The van der Waals surface area contributed by atoms with Crippen molar-refractivity contribution in [1.82, 2.24) is 5.32 Å². The summed E-state index contributed by atoms with van der Waals surface area (Å²) in [5.74, 6) is 0.890. The molecule has 1 amide bonds. The lowest BCUT2D eigenvalue weighted by atomic mass is 9.83. The molecule has 1 aliphatic carbocycles. The first-order chi connectivity index (χ1) is 10.2. The highest BCUT2D eigenvalue weighted by atomic mass is 16.5. The first-order valence-corrected chi connectivity index (χ1v) is 7.93. The van der Waals surface area contributed by atoms with Gasteiger partial charge in [0.15, 0.2) is 0 Å². The van der Waals surface area contributed by atoms with Crippen LogP contribution in [0.3, 0.4) is 0 Å². The summed E-state index contributed by atoms with van der Waals surface area (Å²) < 4.78 is 4.83. The molecular weight excluding hydrogens is 266 g/mol. The Labute approximate surface area is 126 Å². The molecule has 116 valence electrons. The number of carbonyl (C=O) groups excluding carboxylic acids is 1. The molecule has 0 aliphatic heterocycles. The monoisotopic (exact) mass is 291 g/mol. The summed E-state index contributed by atoms with van der Waals surface area (Å²) >= 11 is 0. The van der Waals surface area contributed by atoms with Gasteiger partial charge in [0.1, 0.15) is 5.75 Å². The maximum absolute atomic E-state index is 11.2. The second-order valence-electron chi connectivity index (χ2n) is 5.63. The minimum atomic E-state index is -0.371. The first-order valence-electron chi connectivity index (χ1n) is 7.93. The van der Waals surface area contributed by atoms with Gasteiger partial charge in [-0.15, -0.1) is 0 Å². The highest BCUT2D eigenvalue weighted by Crippen LogP contribution is 2.37. The third kappa shape index (κ3) is 4.66. The predicted octanol–water partition coefficient (Wildman–Crippen LogP) is 3.73. The summed E-state index contributed by atoms with van der Waals surface area (Å²) in [5.41, 5.74) is 2.22. The van der Waals surface area contributed by atoms with E-state index in [1.807, 2.05) is 6.07 Å². The molecule has 21 heavy (non-hydrogen) atoms. The van der Waals surface area contributed by atoms with Crippen LogP contribution in [0.5, 0.6) is 5.75 Å². The molecule has 0 bridgehead atoms. The quantitative estimate of drug-likeness (QED) is 0.869. The van der Waals surface area contributed by atoms with Gasteiger partial charge in [-0.3, -0.25) is 0 Å². The van der Waals surface area contributed by atoms with Gasteiger partial charge in [0.05, 0.1) is 6.61 Å². The second kappa shape index (κ2) is 7.91. The van der Waals surface area contributed by atoms with Crippen molar-refractivity contribution in [1.29, 1.82) is 0 Å². The van der Waals surface area contributed by atoms with E-state index in [4.69, 9.17) is 4.74 Å². The maximum atomic E-state index is 11.2. The Bertz CT molecular complexity index is 467. The third-order valence-corrected chi connectivity index (χ3v) is 4.10. The summed E-state index contributed by atoms with van der Waals surface area (Å²) in [6.45, 7) is 2.72. The van der Waals surface area contributed by atoms with E-state index in [0.29, 0.717) is 24.8 Å². The summed E-state index contributed by atoms with van der Waals surface area (Å²) in [5, 5.41) is 12.8. The number of amides is 1. The number of hydrogen-bond acceptors (Lipinski definition) is 3. The van der Waals surface area contributed by atoms with E-state index in [9.17, 15) is 9.90 Å². The predicted molar refractivity (Wildman–Crippen MR) is 82.7 cm³/mol. The number of ether oxygens (including phenoxy) is 1. The van der Waals surface area contributed by atoms with Crippen molar-refractivity contribution >= 4 is 6.09 Å². The average molecular weight is 291 g/mol. The largest absolute Gasteiger partial charge is 0.508 e. The van der Waals surface area contributed by atoms with Gasteiger partial charge in [0.25, 0.3) is 0 Å². The fourth-order valence-corrected chi connectivity index (χ4v) is 2.99. The number of aromatic hydroxyl groups is 1. The van der Waals surface area contributed by atoms with E-state index in [1.165, 1.54) is 19.3 Å². The van der Waals surface area contributed by atoms with Gasteiger partial charge in [-0.25, -0.2) is 4.79 Å². The van der Waals surface area contributed by atoms with Gasteiger partial charge in [-0.05, 0) is 49.3 Å². The molecule has 0 aromatic heterocycles. The Hall–Kier alpha value is -1.71. The number of nitrogens with one attached hydrogen (secondary N) is 1. The van der Waals surface area contributed by atoms with E-state index in [1.54, 1.807) is 13.0 Å². The van der Waals surface area contributed by atoms with E-state index in [0.717, 1.165) is 30.4 Å². The van der Waals surface area contributed by atoms with Gasteiger partial charge in [0, 0.05) is 6.54 Å². The number of rotatable bonds is 5. The number of alkyl carbamates (subject to hydrolysis) is 1. The third-order valence-electron chi connectivity index (χ3n) is 4.10. The number of phenolic OH excluding ortho intramolecular Hbond substituents is 1. The van der Waals surface area contributed by atoms with Crippen LogP contribution >= 0.6 is 0 Å². The minimum absolute atomic E-state index is 0.371. The number of hydrogen-bond donors (Lipinski definition) is 2. The first kappa shape index (κ1) is 15.7. The highest BCUT2D eigenvalue weighted by Gasteiger charge is 2.18. The van der Waals surface area contributed by atoms with Crippen molar-refractivity contribution in [3.63, 3.8) is 0 Å². The Morgan fingerprint density at radius 3 is 2.81 bits per heavy atom. The summed E-state index contributed by atoms with van der Waals surface area (Å²) in [4.78, 5) is 11.2. The molecule has 0 heterocycles. The van der Waals surface area contributed by atoms with Crippen LogP contribution in [0.15, 0.2) is 18.2 Å². The molecule has 0 saturated heterocycles. The molecule has 1 aromatic rings. The van der Waals surface area contributed by atoms with Crippen LogP contribution in [0.2, 0.25) is 0 Å². The zero-order chi connectivity index (χ0) is 15.1. The van der Waals surface area contributed by atoms with Crippen LogP contribution in [0.1, 0.15) is 56.1 Å². The zero-order valence-electron chi connectivity index (χ0n) is 12.7. The van der Waals surface area contributed by atoms with Crippen LogP contribution < -0.4 is 5.32 Å². The number of phenols is 1. The molecule has 0 spiro atoms. The number of benzene rings is 1. The molecule has 2 rings (SSSR count).